The van der Waals surface area contributed by atoms with Crippen LogP contribution in [0.1, 0.15) is 19.3 Å². The lowest BCUT2D eigenvalue weighted by atomic mass is 10.0. The Labute approximate surface area is 84.2 Å². The molecule has 0 spiro atoms. The number of nitrogens with zero attached hydrogens (tertiary/aromatic N) is 1. The molecule has 1 amide bonds. The van der Waals surface area contributed by atoms with E-state index in [4.69, 9.17) is 0 Å². The van der Waals surface area contributed by atoms with E-state index >= 15 is 0 Å². The molecule has 2 rings (SSSR count). The second-order valence-electron chi connectivity index (χ2n) is 4.20. The van der Waals surface area contributed by atoms with Gasteiger partial charge in [0.1, 0.15) is 0 Å². The van der Waals surface area contributed by atoms with E-state index in [1.165, 1.54) is 0 Å². The second-order valence-corrected chi connectivity index (χ2v) is 6.54. The lowest BCUT2D eigenvalue weighted by Gasteiger charge is -2.15. The van der Waals surface area contributed by atoms with Crippen molar-refractivity contribution in [3.05, 3.63) is 0 Å². The lowest BCUT2D eigenvalue weighted by molar-refractivity contribution is -0.129. The monoisotopic (exact) mass is 217 g/mol. The maximum atomic E-state index is 11.6. The third kappa shape index (κ3) is 1.43. The van der Waals surface area contributed by atoms with Crippen molar-refractivity contribution in [3.8, 4) is 0 Å². The first-order valence-corrected chi connectivity index (χ1v) is 6.70. The van der Waals surface area contributed by atoms with Gasteiger partial charge < -0.3 is 4.90 Å². The Morgan fingerprint density at radius 1 is 1.36 bits per heavy atom. The maximum absolute atomic E-state index is 11.6. The van der Waals surface area contributed by atoms with Crippen LogP contribution in [-0.2, 0) is 14.6 Å². The van der Waals surface area contributed by atoms with Crippen LogP contribution in [0.4, 0.5) is 0 Å². The van der Waals surface area contributed by atoms with Crippen molar-refractivity contribution in [1.29, 1.82) is 0 Å². The predicted molar refractivity (Wildman–Crippen MR) is 52.6 cm³/mol. The number of sulfone groups is 1. The fourth-order valence-electron chi connectivity index (χ4n) is 2.46. The van der Waals surface area contributed by atoms with Crippen molar-refractivity contribution < 1.29 is 13.2 Å². The molecule has 2 aliphatic heterocycles. The van der Waals surface area contributed by atoms with Crippen molar-refractivity contribution in [2.75, 3.05) is 19.3 Å². The molecule has 0 aromatic carbocycles. The van der Waals surface area contributed by atoms with E-state index in [0.717, 1.165) is 6.42 Å². The van der Waals surface area contributed by atoms with E-state index in [-0.39, 0.29) is 22.8 Å². The number of carbonyl (C=O) groups excluding carboxylic acids is 1. The Balaban J connectivity index is 2.21. The first-order chi connectivity index (χ1) is 6.52. The highest BCUT2D eigenvalue weighted by Gasteiger charge is 2.44. The van der Waals surface area contributed by atoms with E-state index in [1.807, 2.05) is 0 Å². The largest absolute Gasteiger partial charge is 0.345 e. The van der Waals surface area contributed by atoms with Crippen LogP contribution in [0, 0.1) is 5.92 Å². The predicted octanol–water partition coefficient (Wildman–Crippen LogP) is 0.0419. The number of likely N-dealkylation sites (tertiary alicyclic amines) is 1. The van der Waals surface area contributed by atoms with Crippen molar-refractivity contribution >= 4 is 15.7 Å². The summed E-state index contributed by atoms with van der Waals surface area (Å²) < 4.78 is 23.3. The zero-order valence-corrected chi connectivity index (χ0v) is 9.09. The second kappa shape index (κ2) is 3.22. The van der Waals surface area contributed by atoms with Crippen molar-refractivity contribution in [2.24, 2.45) is 5.92 Å². The molecule has 2 fully saturated rings. The van der Waals surface area contributed by atoms with Gasteiger partial charge in [0, 0.05) is 13.6 Å². The van der Waals surface area contributed by atoms with Crippen LogP contribution in [-0.4, -0.2) is 43.8 Å². The van der Waals surface area contributed by atoms with Crippen LogP contribution in [0.25, 0.3) is 0 Å². The Hall–Kier alpha value is -0.580. The molecule has 2 aliphatic rings. The minimum absolute atomic E-state index is 0.0143. The number of hydrogen-bond donors (Lipinski definition) is 0. The zero-order valence-electron chi connectivity index (χ0n) is 8.27. The summed E-state index contributed by atoms with van der Waals surface area (Å²) in [5, 5.41) is -0.389. The summed E-state index contributed by atoms with van der Waals surface area (Å²) >= 11 is 0. The van der Waals surface area contributed by atoms with Crippen LogP contribution in [0.15, 0.2) is 0 Å². The van der Waals surface area contributed by atoms with Gasteiger partial charge in [-0.25, -0.2) is 8.42 Å². The molecular weight excluding hydrogens is 202 g/mol. The Kier molecular flexibility index (Phi) is 2.29. The number of rotatable bonds is 1. The summed E-state index contributed by atoms with van der Waals surface area (Å²) in [6.45, 7) is 0.704. The highest BCUT2D eigenvalue weighted by molar-refractivity contribution is 7.92. The van der Waals surface area contributed by atoms with Gasteiger partial charge in [-0.1, -0.05) is 0 Å². The minimum Gasteiger partial charge on any atom is -0.345 e. The lowest BCUT2D eigenvalue weighted by Crippen LogP contribution is -2.32. The molecule has 0 bridgehead atoms. The van der Waals surface area contributed by atoms with E-state index in [9.17, 15) is 13.2 Å². The molecular formula is C9H15NO3S. The van der Waals surface area contributed by atoms with Gasteiger partial charge in [-0.3, -0.25) is 4.79 Å². The van der Waals surface area contributed by atoms with E-state index < -0.39 is 9.84 Å². The quantitative estimate of drug-likeness (QED) is 0.623. The summed E-state index contributed by atoms with van der Waals surface area (Å²) in [6.07, 6.45) is 2.10. The van der Waals surface area contributed by atoms with Gasteiger partial charge in [0.05, 0.1) is 16.9 Å². The molecule has 2 saturated heterocycles. The summed E-state index contributed by atoms with van der Waals surface area (Å²) in [7, 11) is -1.23. The van der Waals surface area contributed by atoms with Crippen LogP contribution in [0.2, 0.25) is 0 Å². The van der Waals surface area contributed by atoms with Crippen LogP contribution < -0.4 is 0 Å². The molecule has 2 heterocycles. The van der Waals surface area contributed by atoms with E-state index in [2.05, 4.69) is 0 Å². The SMILES string of the molecule is CN1CCC(C2CCCS2(=O)=O)C1=O. The number of amides is 1. The molecule has 2 atom stereocenters. The highest BCUT2D eigenvalue weighted by atomic mass is 32.2. The third-order valence-electron chi connectivity index (χ3n) is 3.30. The van der Waals surface area contributed by atoms with Gasteiger partial charge in [0.2, 0.25) is 5.91 Å². The smallest absolute Gasteiger partial charge is 0.226 e. The molecule has 0 N–H and O–H groups in total. The Bertz CT molecular complexity index is 349. The molecule has 0 saturated carbocycles. The van der Waals surface area contributed by atoms with Gasteiger partial charge in [-0.2, -0.15) is 0 Å². The molecule has 5 heteroatoms. The normalized spacial score (nSPS) is 36.6. The van der Waals surface area contributed by atoms with Gasteiger partial charge in [0.15, 0.2) is 9.84 Å². The minimum atomic E-state index is -2.97. The van der Waals surface area contributed by atoms with Crippen LogP contribution in [0.5, 0.6) is 0 Å². The van der Waals surface area contributed by atoms with Crippen molar-refractivity contribution in [3.63, 3.8) is 0 Å². The molecule has 80 valence electrons. The molecule has 14 heavy (non-hydrogen) atoms. The average Bonchev–Trinajstić information content (AvgIpc) is 2.59. The average molecular weight is 217 g/mol. The molecule has 0 radical (unpaired) electrons. The summed E-state index contributed by atoms with van der Waals surface area (Å²) in [5.41, 5.74) is 0. The highest BCUT2D eigenvalue weighted by Crippen LogP contribution is 2.32. The maximum Gasteiger partial charge on any atom is 0.226 e. The first-order valence-electron chi connectivity index (χ1n) is 4.99. The summed E-state index contributed by atoms with van der Waals surface area (Å²) in [5.74, 6) is 0.0264. The van der Waals surface area contributed by atoms with Crippen LogP contribution >= 0.6 is 0 Å². The Morgan fingerprint density at radius 3 is 2.50 bits per heavy atom. The number of hydrogen-bond acceptors (Lipinski definition) is 3. The number of carbonyl (C=O) groups is 1. The van der Waals surface area contributed by atoms with Gasteiger partial charge in [-0.05, 0) is 19.3 Å². The topological polar surface area (TPSA) is 54.5 Å². The zero-order chi connectivity index (χ0) is 10.3. The fourth-order valence-corrected chi connectivity index (χ4v) is 4.61. The fraction of sp³-hybridized carbons (Fsp3) is 0.889. The van der Waals surface area contributed by atoms with Crippen molar-refractivity contribution in [2.45, 2.75) is 24.5 Å². The van der Waals surface area contributed by atoms with E-state index in [0.29, 0.717) is 19.4 Å². The van der Waals surface area contributed by atoms with Gasteiger partial charge in [-0.15, -0.1) is 0 Å². The summed E-state index contributed by atoms with van der Waals surface area (Å²) in [6, 6.07) is 0. The molecule has 2 unspecified atom stereocenters. The van der Waals surface area contributed by atoms with Crippen molar-refractivity contribution in [1.82, 2.24) is 4.90 Å². The summed E-state index contributed by atoms with van der Waals surface area (Å²) in [4.78, 5) is 13.3. The third-order valence-corrected chi connectivity index (χ3v) is 5.64. The standard InChI is InChI=1S/C9H15NO3S/c1-10-5-4-7(9(10)11)8-3-2-6-14(8,12)13/h7-8H,2-6H2,1H3. The Morgan fingerprint density at radius 2 is 2.07 bits per heavy atom. The molecule has 0 aliphatic carbocycles. The van der Waals surface area contributed by atoms with E-state index in [1.54, 1.807) is 11.9 Å². The van der Waals surface area contributed by atoms with Gasteiger partial charge in [0.25, 0.3) is 0 Å². The van der Waals surface area contributed by atoms with Gasteiger partial charge >= 0.3 is 0 Å². The molecule has 0 aromatic heterocycles. The molecule has 0 aromatic rings. The first kappa shape index (κ1) is 9.96. The van der Waals surface area contributed by atoms with Crippen LogP contribution in [0.3, 0.4) is 0 Å². The molecule has 4 nitrogen and oxygen atoms in total.